The lowest BCUT2D eigenvalue weighted by Crippen LogP contribution is -2.35. The molecular formula is C20H24N2O5S. The Kier molecular flexibility index (Phi) is 6.21. The summed E-state index contributed by atoms with van der Waals surface area (Å²) in [6.45, 7) is 2.85. The normalized spacial score (nSPS) is 15.6. The zero-order valence-electron chi connectivity index (χ0n) is 16.0. The van der Waals surface area contributed by atoms with E-state index in [-0.39, 0.29) is 4.90 Å². The first-order valence-corrected chi connectivity index (χ1v) is 10.6. The van der Waals surface area contributed by atoms with Crippen molar-refractivity contribution in [1.82, 2.24) is 4.31 Å². The van der Waals surface area contributed by atoms with E-state index >= 15 is 0 Å². The largest absolute Gasteiger partial charge is 0.495 e. The van der Waals surface area contributed by atoms with Gasteiger partial charge in [0.25, 0.3) is 0 Å². The van der Waals surface area contributed by atoms with E-state index in [1.165, 1.54) is 29.6 Å². The predicted molar refractivity (Wildman–Crippen MR) is 107 cm³/mol. The Morgan fingerprint density at radius 3 is 2.57 bits per heavy atom. The fraction of sp³-hybridized carbons (Fsp3) is 0.350. The number of methoxy groups -OCH3 is 1. The van der Waals surface area contributed by atoms with Crippen molar-refractivity contribution in [3.8, 4) is 5.75 Å². The average molecular weight is 404 g/mol. The van der Waals surface area contributed by atoms with Gasteiger partial charge in [-0.15, -0.1) is 0 Å². The first-order chi connectivity index (χ1) is 13.4. The molecular weight excluding hydrogens is 380 g/mol. The van der Waals surface area contributed by atoms with Crippen molar-refractivity contribution in [2.75, 3.05) is 25.5 Å². The molecule has 2 aromatic rings. The van der Waals surface area contributed by atoms with Gasteiger partial charge in [-0.3, -0.25) is 4.79 Å². The molecule has 1 N–H and O–H groups in total. The number of piperidine rings is 1. The number of hydrogen-bond donors (Lipinski definition) is 1. The molecule has 2 heterocycles. The molecule has 1 fully saturated rings. The monoisotopic (exact) mass is 404 g/mol. The lowest BCUT2D eigenvalue weighted by Gasteiger charge is -2.26. The van der Waals surface area contributed by atoms with Crippen molar-refractivity contribution in [2.45, 2.75) is 31.1 Å². The highest BCUT2D eigenvalue weighted by Gasteiger charge is 2.26. The van der Waals surface area contributed by atoms with Gasteiger partial charge in [0.1, 0.15) is 17.3 Å². The molecule has 1 saturated heterocycles. The molecule has 1 aromatic heterocycles. The number of hydrogen-bond acceptors (Lipinski definition) is 5. The Bertz CT molecular complexity index is 972. The van der Waals surface area contributed by atoms with Crippen LogP contribution in [0.15, 0.2) is 45.7 Å². The SMILES string of the molecule is COc1ccc(S(=O)(=O)N2CCCCC2)cc1NC(=O)/C=C/c1ccc(C)o1. The summed E-state index contributed by atoms with van der Waals surface area (Å²) in [7, 11) is -2.14. The van der Waals surface area contributed by atoms with Crippen molar-refractivity contribution in [3.63, 3.8) is 0 Å². The number of rotatable bonds is 6. The van der Waals surface area contributed by atoms with E-state index in [4.69, 9.17) is 9.15 Å². The third kappa shape index (κ3) is 4.63. The number of anilines is 1. The molecule has 0 saturated carbocycles. The van der Waals surface area contributed by atoms with Crippen LogP contribution in [0.25, 0.3) is 6.08 Å². The third-order valence-electron chi connectivity index (χ3n) is 4.54. The van der Waals surface area contributed by atoms with E-state index in [2.05, 4.69) is 5.32 Å². The summed E-state index contributed by atoms with van der Waals surface area (Å²) in [5.41, 5.74) is 0.297. The Labute approximate surface area is 165 Å². The zero-order valence-corrected chi connectivity index (χ0v) is 16.8. The van der Waals surface area contributed by atoms with Gasteiger partial charge in [0, 0.05) is 19.2 Å². The first kappa shape index (κ1) is 20.2. The number of ether oxygens (including phenoxy) is 1. The number of carbonyl (C=O) groups is 1. The van der Waals surface area contributed by atoms with Crippen LogP contribution in [-0.2, 0) is 14.8 Å². The van der Waals surface area contributed by atoms with Crippen molar-refractivity contribution in [3.05, 3.63) is 47.9 Å². The highest BCUT2D eigenvalue weighted by atomic mass is 32.2. The molecule has 0 radical (unpaired) electrons. The molecule has 8 heteroatoms. The molecule has 0 spiro atoms. The number of nitrogens with one attached hydrogen (secondary N) is 1. The molecule has 0 aliphatic carbocycles. The van der Waals surface area contributed by atoms with Crippen LogP contribution >= 0.6 is 0 Å². The third-order valence-corrected chi connectivity index (χ3v) is 6.44. The van der Waals surface area contributed by atoms with Gasteiger partial charge >= 0.3 is 0 Å². The molecule has 28 heavy (non-hydrogen) atoms. The van der Waals surface area contributed by atoms with Crippen LogP contribution in [0.5, 0.6) is 5.75 Å². The minimum Gasteiger partial charge on any atom is -0.495 e. The van der Waals surface area contributed by atoms with Gasteiger partial charge in [0.15, 0.2) is 0 Å². The van der Waals surface area contributed by atoms with Gasteiger partial charge in [-0.2, -0.15) is 4.31 Å². The van der Waals surface area contributed by atoms with E-state index in [0.29, 0.717) is 30.3 Å². The summed E-state index contributed by atoms with van der Waals surface area (Å²) in [4.78, 5) is 12.4. The van der Waals surface area contributed by atoms with Gasteiger partial charge < -0.3 is 14.5 Å². The van der Waals surface area contributed by atoms with Gasteiger partial charge in [0.2, 0.25) is 15.9 Å². The van der Waals surface area contributed by atoms with Gasteiger partial charge in [-0.25, -0.2) is 8.42 Å². The standard InChI is InChI=1S/C20H24N2O5S/c1-15-6-7-16(27-15)8-11-20(23)21-18-14-17(9-10-19(18)26-2)28(24,25)22-12-4-3-5-13-22/h6-11,14H,3-5,12-13H2,1-2H3,(H,21,23)/b11-8+. The molecule has 1 aliphatic rings. The Morgan fingerprint density at radius 2 is 1.93 bits per heavy atom. The molecule has 0 unspecified atom stereocenters. The van der Waals surface area contributed by atoms with E-state index in [1.54, 1.807) is 24.3 Å². The molecule has 3 rings (SSSR count). The summed E-state index contributed by atoms with van der Waals surface area (Å²) in [5, 5.41) is 2.68. The molecule has 7 nitrogen and oxygen atoms in total. The maximum Gasteiger partial charge on any atom is 0.248 e. The maximum absolute atomic E-state index is 12.9. The van der Waals surface area contributed by atoms with Crippen LogP contribution in [0.1, 0.15) is 30.8 Å². The molecule has 1 aromatic carbocycles. The van der Waals surface area contributed by atoms with Crippen molar-refractivity contribution in [1.29, 1.82) is 0 Å². The lowest BCUT2D eigenvalue weighted by molar-refractivity contribution is -0.111. The van der Waals surface area contributed by atoms with E-state index in [0.717, 1.165) is 25.0 Å². The second-order valence-electron chi connectivity index (χ2n) is 6.60. The quantitative estimate of drug-likeness (QED) is 0.745. The van der Waals surface area contributed by atoms with Gasteiger partial charge in [-0.05, 0) is 56.2 Å². The van der Waals surface area contributed by atoms with Crippen LogP contribution < -0.4 is 10.1 Å². The smallest absolute Gasteiger partial charge is 0.248 e. The number of amides is 1. The summed E-state index contributed by atoms with van der Waals surface area (Å²) < 4.78 is 37.9. The minimum absolute atomic E-state index is 0.135. The van der Waals surface area contributed by atoms with Crippen LogP contribution in [0.4, 0.5) is 5.69 Å². The maximum atomic E-state index is 12.9. The van der Waals surface area contributed by atoms with Crippen molar-refractivity contribution >= 4 is 27.7 Å². The molecule has 1 aliphatic heterocycles. The first-order valence-electron chi connectivity index (χ1n) is 9.14. The fourth-order valence-electron chi connectivity index (χ4n) is 3.07. The molecule has 0 atom stereocenters. The molecule has 0 bridgehead atoms. The van der Waals surface area contributed by atoms with E-state index in [9.17, 15) is 13.2 Å². The van der Waals surface area contributed by atoms with Crippen molar-refractivity contribution < 1.29 is 22.4 Å². The zero-order chi connectivity index (χ0) is 20.1. The summed E-state index contributed by atoms with van der Waals surface area (Å²) >= 11 is 0. The van der Waals surface area contributed by atoms with Gasteiger partial charge in [0.05, 0.1) is 17.7 Å². The Balaban J connectivity index is 1.80. The number of carbonyl (C=O) groups excluding carboxylic acids is 1. The Hall–Kier alpha value is -2.58. The second-order valence-corrected chi connectivity index (χ2v) is 8.54. The number of furan rings is 1. The summed E-state index contributed by atoms with van der Waals surface area (Å²) in [6, 6.07) is 8.04. The number of sulfonamides is 1. The lowest BCUT2D eigenvalue weighted by atomic mass is 10.2. The summed E-state index contributed by atoms with van der Waals surface area (Å²) in [5.74, 6) is 1.27. The van der Waals surface area contributed by atoms with Crippen molar-refractivity contribution in [2.24, 2.45) is 0 Å². The molecule has 1 amide bonds. The fourth-order valence-corrected chi connectivity index (χ4v) is 4.62. The highest BCUT2D eigenvalue weighted by molar-refractivity contribution is 7.89. The Morgan fingerprint density at radius 1 is 1.18 bits per heavy atom. The summed E-state index contributed by atoms with van der Waals surface area (Å²) in [6.07, 6.45) is 5.62. The second kappa shape index (κ2) is 8.62. The van der Waals surface area contributed by atoms with Crippen LogP contribution in [-0.4, -0.2) is 38.8 Å². The van der Waals surface area contributed by atoms with Gasteiger partial charge in [-0.1, -0.05) is 6.42 Å². The number of nitrogens with zero attached hydrogens (tertiary/aromatic N) is 1. The molecule has 150 valence electrons. The van der Waals surface area contributed by atoms with Crippen LogP contribution in [0.3, 0.4) is 0 Å². The van der Waals surface area contributed by atoms with E-state index < -0.39 is 15.9 Å². The topological polar surface area (TPSA) is 88.9 Å². The highest BCUT2D eigenvalue weighted by Crippen LogP contribution is 2.30. The van der Waals surface area contributed by atoms with Crippen LogP contribution in [0, 0.1) is 6.92 Å². The van der Waals surface area contributed by atoms with Crippen LogP contribution in [0.2, 0.25) is 0 Å². The van der Waals surface area contributed by atoms with E-state index in [1.807, 2.05) is 6.92 Å². The number of benzene rings is 1. The minimum atomic E-state index is -3.60. The number of aryl methyl sites for hydroxylation is 1. The average Bonchev–Trinajstić information content (AvgIpc) is 3.12. The predicted octanol–water partition coefficient (Wildman–Crippen LogP) is 3.42.